The van der Waals surface area contributed by atoms with Crippen LogP contribution in [0.1, 0.15) is 42.5 Å². The minimum absolute atomic E-state index is 0.165. The van der Waals surface area contributed by atoms with Crippen LogP contribution in [-0.2, 0) is 10.0 Å². The lowest BCUT2D eigenvalue weighted by molar-refractivity contribution is 0.128. The van der Waals surface area contributed by atoms with Gasteiger partial charge in [0.15, 0.2) is 0 Å². The average Bonchev–Trinajstić information content (AvgIpc) is 3.45. The monoisotopic (exact) mass is 442 g/mol. The van der Waals surface area contributed by atoms with Crippen LogP contribution in [-0.4, -0.2) is 35.8 Å². The Bertz CT molecular complexity index is 1120. The van der Waals surface area contributed by atoms with E-state index in [2.05, 4.69) is 43.2 Å². The molecule has 3 heterocycles. The third kappa shape index (κ3) is 3.68. The van der Waals surface area contributed by atoms with Crippen LogP contribution in [0.3, 0.4) is 0 Å². The molecular formula is C21H22N4O3S2. The van der Waals surface area contributed by atoms with E-state index in [0.29, 0.717) is 18.4 Å². The van der Waals surface area contributed by atoms with Crippen molar-refractivity contribution in [3.05, 3.63) is 66.0 Å². The van der Waals surface area contributed by atoms with Gasteiger partial charge in [-0.3, -0.25) is 9.62 Å². The van der Waals surface area contributed by atoms with E-state index in [9.17, 15) is 8.42 Å². The van der Waals surface area contributed by atoms with Crippen LogP contribution in [0.5, 0.6) is 5.75 Å². The van der Waals surface area contributed by atoms with E-state index < -0.39 is 10.0 Å². The number of likely N-dealkylation sites (tertiary alicyclic amines) is 1. The second-order valence-electron chi connectivity index (χ2n) is 7.51. The molecule has 0 spiro atoms. The maximum atomic E-state index is 12.7. The highest BCUT2D eigenvalue weighted by Crippen LogP contribution is 2.44. The highest BCUT2D eigenvalue weighted by atomic mass is 32.2. The molecule has 7 nitrogen and oxygen atoms in total. The van der Waals surface area contributed by atoms with E-state index in [0.717, 1.165) is 42.9 Å². The highest BCUT2D eigenvalue weighted by Gasteiger charge is 2.36. The van der Waals surface area contributed by atoms with Crippen molar-refractivity contribution < 1.29 is 13.2 Å². The van der Waals surface area contributed by atoms with Crippen molar-refractivity contribution in [1.29, 1.82) is 0 Å². The number of nitrogens with zero attached hydrogens (tertiary/aromatic N) is 3. The molecule has 0 saturated carbocycles. The molecule has 156 valence electrons. The van der Waals surface area contributed by atoms with Gasteiger partial charge >= 0.3 is 0 Å². The highest BCUT2D eigenvalue weighted by molar-refractivity contribution is 7.93. The number of aromatic nitrogens is 2. The molecule has 1 aromatic heterocycles. The van der Waals surface area contributed by atoms with Crippen LogP contribution in [0.2, 0.25) is 0 Å². The van der Waals surface area contributed by atoms with Gasteiger partial charge in [0.2, 0.25) is 5.13 Å². The van der Waals surface area contributed by atoms with Crippen LogP contribution in [0, 0.1) is 0 Å². The second kappa shape index (κ2) is 7.98. The smallest absolute Gasteiger partial charge is 0.263 e. The summed E-state index contributed by atoms with van der Waals surface area (Å²) in [5.41, 5.74) is 2.39. The first-order valence-electron chi connectivity index (χ1n) is 9.99. The van der Waals surface area contributed by atoms with E-state index in [1.54, 1.807) is 12.1 Å². The van der Waals surface area contributed by atoms with Crippen molar-refractivity contribution in [3.63, 3.8) is 0 Å². The zero-order valence-corrected chi connectivity index (χ0v) is 17.9. The Morgan fingerprint density at radius 2 is 1.97 bits per heavy atom. The predicted molar refractivity (Wildman–Crippen MR) is 115 cm³/mol. The molecule has 1 saturated heterocycles. The summed E-state index contributed by atoms with van der Waals surface area (Å²) in [4.78, 5) is 6.61. The molecular weight excluding hydrogens is 420 g/mol. The molecule has 2 aliphatic heterocycles. The van der Waals surface area contributed by atoms with Gasteiger partial charge in [0.05, 0.1) is 11.5 Å². The molecule has 0 radical (unpaired) electrons. The van der Waals surface area contributed by atoms with Gasteiger partial charge in [-0.1, -0.05) is 36.4 Å². The molecule has 30 heavy (non-hydrogen) atoms. The van der Waals surface area contributed by atoms with Gasteiger partial charge in [-0.25, -0.2) is 13.4 Å². The summed E-state index contributed by atoms with van der Waals surface area (Å²) >= 11 is 0.999. The van der Waals surface area contributed by atoms with Gasteiger partial charge < -0.3 is 4.74 Å². The Morgan fingerprint density at radius 3 is 2.77 bits per heavy atom. The first-order valence-corrected chi connectivity index (χ1v) is 12.2. The van der Waals surface area contributed by atoms with Crippen molar-refractivity contribution >= 4 is 26.7 Å². The molecule has 1 fully saturated rings. The van der Waals surface area contributed by atoms with Gasteiger partial charge in [-0.2, -0.15) is 4.37 Å². The third-order valence-corrected chi connectivity index (χ3v) is 7.81. The Kier molecular flexibility index (Phi) is 5.18. The minimum atomic E-state index is -3.74. The van der Waals surface area contributed by atoms with E-state index in [1.807, 2.05) is 12.1 Å². The van der Waals surface area contributed by atoms with Crippen LogP contribution in [0.15, 0.2) is 59.8 Å². The molecule has 2 aromatic carbocycles. The fraction of sp³-hybridized carbons (Fsp3) is 0.333. The largest absolute Gasteiger partial charge is 0.493 e. The molecule has 0 unspecified atom stereocenters. The zero-order chi connectivity index (χ0) is 20.6. The van der Waals surface area contributed by atoms with Gasteiger partial charge in [-0.15, -0.1) is 0 Å². The summed E-state index contributed by atoms with van der Waals surface area (Å²) in [6.45, 7) is 1.60. The number of hydrogen-bond donors (Lipinski definition) is 1. The SMILES string of the molecule is O=S(=O)(Nc1ncns1)c1ccc2c(c1)OCC[C@@H]2N1CCC[C@H]1c1ccccc1. The fourth-order valence-corrected chi connectivity index (χ4v) is 6.13. The quantitative estimate of drug-likeness (QED) is 0.643. The van der Waals surface area contributed by atoms with Crippen LogP contribution < -0.4 is 9.46 Å². The molecule has 2 aliphatic rings. The first kappa shape index (κ1) is 19.5. The third-order valence-electron chi connectivity index (χ3n) is 5.77. The van der Waals surface area contributed by atoms with E-state index in [1.165, 1.54) is 11.9 Å². The number of ether oxygens (including phenoxy) is 1. The maximum Gasteiger partial charge on any atom is 0.263 e. The molecule has 0 bridgehead atoms. The van der Waals surface area contributed by atoms with Crippen molar-refractivity contribution in [2.75, 3.05) is 17.9 Å². The number of anilines is 1. The number of nitrogens with one attached hydrogen (secondary N) is 1. The standard InChI is InChI=1S/C21H22N4O3S2/c26-30(27,24-21-22-14-23-29-21)16-8-9-17-19(10-12-28-20(17)13-16)25-11-4-7-18(25)15-5-2-1-3-6-15/h1-3,5-6,8-9,13-14,18-19H,4,7,10-12H2,(H,22,23,24)/t18-,19-/m0/s1. The molecule has 2 atom stereocenters. The van der Waals surface area contributed by atoms with E-state index in [4.69, 9.17) is 4.74 Å². The van der Waals surface area contributed by atoms with E-state index >= 15 is 0 Å². The Balaban J connectivity index is 1.44. The van der Waals surface area contributed by atoms with E-state index in [-0.39, 0.29) is 16.1 Å². The molecule has 0 amide bonds. The van der Waals surface area contributed by atoms with Gasteiger partial charge in [0, 0.05) is 41.7 Å². The average molecular weight is 443 g/mol. The summed E-state index contributed by atoms with van der Waals surface area (Å²) in [6.07, 6.45) is 4.51. The molecule has 9 heteroatoms. The molecule has 0 aliphatic carbocycles. The first-order chi connectivity index (χ1) is 14.6. The lowest BCUT2D eigenvalue weighted by atomic mass is 9.96. The Hall–Kier alpha value is -2.49. The molecule has 5 rings (SSSR count). The number of rotatable bonds is 5. The Morgan fingerprint density at radius 1 is 1.10 bits per heavy atom. The van der Waals surface area contributed by atoms with Crippen LogP contribution >= 0.6 is 11.5 Å². The summed E-state index contributed by atoms with van der Waals surface area (Å²) in [7, 11) is -3.74. The summed E-state index contributed by atoms with van der Waals surface area (Å²) in [6, 6.07) is 16.4. The van der Waals surface area contributed by atoms with Crippen molar-refractivity contribution in [1.82, 2.24) is 14.3 Å². The summed E-state index contributed by atoms with van der Waals surface area (Å²) in [5.74, 6) is 0.644. The van der Waals surface area contributed by atoms with Crippen LogP contribution in [0.25, 0.3) is 0 Å². The lowest BCUT2D eigenvalue weighted by Crippen LogP contribution is -2.32. The van der Waals surface area contributed by atoms with Gasteiger partial charge in [0.25, 0.3) is 10.0 Å². The number of fused-ring (bicyclic) bond motifs is 1. The fourth-order valence-electron chi connectivity index (χ4n) is 4.45. The predicted octanol–water partition coefficient (Wildman–Crippen LogP) is 4.00. The van der Waals surface area contributed by atoms with Crippen LogP contribution in [0.4, 0.5) is 5.13 Å². The zero-order valence-electron chi connectivity index (χ0n) is 16.3. The summed E-state index contributed by atoms with van der Waals surface area (Å²) in [5, 5.41) is 0.245. The lowest BCUT2D eigenvalue weighted by Gasteiger charge is -2.37. The van der Waals surface area contributed by atoms with Crippen molar-refractivity contribution in [3.8, 4) is 5.75 Å². The van der Waals surface area contributed by atoms with Gasteiger partial charge in [0.1, 0.15) is 12.1 Å². The minimum Gasteiger partial charge on any atom is -0.493 e. The molecule has 1 N–H and O–H groups in total. The Labute approximate surface area is 179 Å². The maximum absolute atomic E-state index is 12.7. The number of benzene rings is 2. The second-order valence-corrected chi connectivity index (χ2v) is 9.97. The molecule has 3 aromatic rings. The van der Waals surface area contributed by atoms with Crippen molar-refractivity contribution in [2.24, 2.45) is 0 Å². The topological polar surface area (TPSA) is 84.4 Å². The van der Waals surface area contributed by atoms with Gasteiger partial charge in [-0.05, 0) is 31.0 Å². The number of hydrogen-bond acceptors (Lipinski definition) is 7. The summed E-state index contributed by atoms with van der Waals surface area (Å²) < 4.78 is 37.6. The number of sulfonamides is 1. The normalized spacial score (nSPS) is 21.7. The van der Waals surface area contributed by atoms with Crippen molar-refractivity contribution in [2.45, 2.75) is 36.2 Å².